The van der Waals surface area contributed by atoms with E-state index in [0.29, 0.717) is 12.3 Å². The molecule has 2 aromatic carbocycles. The summed E-state index contributed by atoms with van der Waals surface area (Å²) in [4.78, 5) is 30.4. The third kappa shape index (κ3) is 6.92. The Bertz CT molecular complexity index is 1100. The highest BCUT2D eigenvalue weighted by atomic mass is 19.4. The van der Waals surface area contributed by atoms with Crippen molar-refractivity contribution < 1.29 is 32.6 Å². The molecular formula is C24H24F3N3O4. The molecule has 4 rings (SSSR count). The number of amides is 1. The minimum absolute atomic E-state index is 0.0204. The van der Waals surface area contributed by atoms with Crippen molar-refractivity contribution in [3.05, 3.63) is 72.6 Å². The van der Waals surface area contributed by atoms with Gasteiger partial charge in [-0.15, -0.1) is 0 Å². The van der Waals surface area contributed by atoms with E-state index in [-0.39, 0.29) is 5.91 Å². The number of fused-ring (bicyclic) bond motifs is 1. The van der Waals surface area contributed by atoms with Crippen molar-refractivity contribution >= 4 is 22.6 Å². The molecule has 1 fully saturated rings. The summed E-state index contributed by atoms with van der Waals surface area (Å²) in [6.45, 7) is 4.67. The molecule has 1 aliphatic rings. The number of carbonyl (C=O) groups excluding carboxylic acids is 1. The van der Waals surface area contributed by atoms with E-state index in [2.05, 4.69) is 9.88 Å². The van der Waals surface area contributed by atoms with Gasteiger partial charge in [-0.2, -0.15) is 13.2 Å². The van der Waals surface area contributed by atoms with E-state index < -0.39 is 12.1 Å². The Morgan fingerprint density at radius 2 is 1.56 bits per heavy atom. The van der Waals surface area contributed by atoms with E-state index in [4.69, 9.17) is 14.6 Å². The number of carboxylic acids is 1. The Kier molecular flexibility index (Phi) is 8.42. The number of aliphatic carboxylic acids is 1. The Labute approximate surface area is 194 Å². The summed E-state index contributed by atoms with van der Waals surface area (Å²) in [6, 6.07) is 19.7. The molecule has 180 valence electrons. The number of hydrogen-bond donors (Lipinski definition) is 1. The zero-order valence-electron chi connectivity index (χ0n) is 18.2. The molecule has 0 saturated carbocycles. The topological polar surface area (TPSA) is 83.0 Å². The number of aromatic nitrogens is 1. The van der Waals surface area contributed by atoms with Crippen LogP contribution in [0.2, 0.25) is 0 Å². The second-order valence-electron chi connectivity index (χ2n) is 7.48. The summed E-state index contributed by atoms with van der Waals surface area (Å²) in [5, 5.41) is 9.09. The van der Waals surface area contributed by atoms with Gasteiger partial charge in [-0.25, -0.2) is 4.79 Å². The number of carbonyl (C=O) groups is 2. The number of rotatable bonds is 5. The van der Waals surface area contributed by atoms with Crippen molar-refractivity contribution in [2.24, 2.45) is 0 Å². The van der Waals surface area contributed by atoms with Crippen LogP contribution in [0.5, 0.6) is 5.75 Å². The number of alkyl halides is 3. The van der Waals surface area contributed by atoms with Crippen molar-refractivity contribution in [1.29, 1.82) is 0 Å². The summed E-state index contributed by atoms with van der Waals surface area (Å²) in [5.74, 6) is -1.84. The highest BCUT2D eigenvalue weighted by Crippen LogP contribution is 2.19. The van der Waals surface area contributed by atoms with E-state index in [1.165, 1.54) is 0 Å². The van der Waals surface area contributed by atoms with Crippen LogP contribution in [0, 0.1) is 0 Å². The average molecular weight is 475 g/mol. The first-order valence-electron chi connectivity index (χ1n) is 10.6. The number of nitrogens with zero attached hydrogens (tertiary/aromatic N) is 3. The normalized spacial score (nSPS) is 14.3. The molecule has 0 atom stereocenters. The number of hydrogen-bond acceptors (Lipinski definition) is 5. The zero-order chi connectivity index (χ0) is 24.6. The predicted molar refractivity (Wildman–Crippen MR) is 120 cm³/mol. The summed E-state index contributed by atoms with van der Waals surface area (Å²) < 4.78 is 37.5. The molecule has 10 heteroatoms. The first-order chi connectivity index (χ1) is 16.3. The lowest BCUT2D eigenvalue weighted by Crippen LogP contribution is -2.49. The number of ether oxygens (including phenoxy) is 1. The molecule has 0 bridgehead atoms. The van der Waals surface area contributed by atoms with E-state index in [9.17, 15) is 18.0 Å². The minimum Gasteiger partial charge on any atom is -0.492 e. The second-order valence-corrected chi connectivity index (χ2v) is 7.48. The fourth-order valence-electron chi connectivity index (χ4n) is 3.42. The lowest BCUT2D eigenvalue weighted by molar-refractivity contribution is -0.192. The third-order valence-corrected chi connectivity index (χ3v) is 5.20. The average Bonchev–Trinajstić information content (AvgIpc) is 2.84. The van der Waals surface area contributed by atoms with Crippen molar-refractivity contribution in [3.63, 3.8) is 0 Å². The van der Waals surface area contributed by atoms with Gasteiger partial charge in [0.2, 0.25) is 0 Å². The Hall–Kier alpha value is -3.66. The van der Waals surface area contributed by atoms with E-state index in [1.54, 1.807) is 6.20 Å². The maximum atomic E-state index is 12.9. The van der Waals surface area contributed by atoms with Gasteiger partial charge in [-0.1, -0.05) is 42.5 Å². The standard InChI is InChI=1S/C22H23N3O2.C2HF3O2/c26-22(21-20-9-5-4-6-18(20)10-11-23-21)25-14-12-24(13-15-25)16-17-27-19-7-2-1-3-8-19;3-2(4,5)1(6)7/h1-11H,12-17H2;(H,6,7). The fourth-order valence-corrected chi connectivity index (χ4v) is 3.42. The van der Waals surface area contributed by atoms with Crippen molar-refractivity contribution in [3.8, 4) is 5.75 Å². The van der Waals surface area contributed by atoms with Crippen molar-refractivity contribution in [2.45, 2.75) is 6.18 Å². The largest absolute Gasteiger partial charge is 0.492 e. The Morgan fingerprint density at radius 1 is 0.941 bits per heavy atom. The highest BCUT2D eigenvalue weighted by Gasteiger charge is 2.38. The van der Waals surface area contributed by atoms with Gasteiger partial charge in [-0.05, 0) is 23.6 Å². The van der Waals surface area contributed by atoms with Crippen LogP contribution in [-0.4, -0.2) is 77.3 Å². The summed E-state index contributed by atoms with van der Waals surface area (Å²) in [5.41, 5.74) is 0.550. The molecule has 3 aromatic rings. The Balaban J connectivity index is 0.000000406. The number of halogens is 3. The third-order valence-electron chi connectivity index (χ3n) is 5.20. The van der Waals surface area contributed by atoms with Gasteiger partial charge in [0, 0.05) is 44.3 Å². The van der Waals surface area contributed by atoms with Crippen LogP contribution in [0.1, 0.15) is 10.5 Å². The molecule has 34 heavy (non-hydrogen) atoms. The van der Waals surface area contributed by atoms with Crippen LogP contribution in [-0.2, 0) is 4.79 Å². The maximum Gasteiger partial charge on any atom is 0.490 e. The molecule has 1 N–H and O–H groups in total. The first-order valence-corrected chi connectivity index (χ1v) is 10.6. The number of benzene rings is 2. The maximum absolute atomic E-state index is 12.9. The monoisotopic (exact) mass is 475 g/mol. The SMILES string of the molecule is O=C(O)C(F)(F)F.O=C(c1nccc2ccccc12)N1CCN(CCOc2ccccc2)CC1. The van der Waals surface area contributed by atoms with Crippen LogP contribution in [0.15, 0.2) is 66.9 Å². The van der Waals surface area contributed by atoms with Crippen molar-refractivity contribution in [2.75, 3.05) is 39.3 Å². The molecule has 1 aromatic heterocycles. The number of carboxylic acid groups (broad SMARTS) is 1. The molecular weight excluding hydrogens is 451 g/mol. The fraction of sp³-hybridized carbons (Fsp3) is 0.292. The van der Waals surface area contributed by atoms with Gasteiger partial charge in [-0.3, -0.25) is 14.7 Å². The number of pyridine rings is 1. The van der Waals surface area contributed by atoms with E-state index in [1.807, 2.05) is 65.6 Å². The van der Waals surface area contributed by atoms with Gasteiger partial charge < -0.3 is 14.7 Å². The van der Waals surface area contributed by atoms with Gasteiger partial charge in [0.25, 0.3) is 5.91 Å². The van der Waals surface area contributed by atoms with E-state index in [0.717, 1.165) is 49.2 Å². The molecule has 0 unspecified atom stereocenters. The lowest BCUT2D eigenvalue weighted by Gasteiger charge is -2.34. The highest BCUT2D eigenvalue weighted by molar-refractivity contribution is 6.05. The van der Waals surface area contributed by atoms with Gasteiger partial charge in [0.05, 0.1) is 0 Å². The van der Waals surface area contributed by atoms with Crippen LogP contribution in [0.25, 0.3) is 10.8 Å². The van der Waals surface area contributed by atoms with Crippen molar-refractivity contribution in [1.82, 2.24) is 14.8 Å². The quantitative estimate of drug-likeness (QED) is 0.606. The van der Waals surface area contributed by atoms with Gasteiger partial charge in [0.1, 0.15) is 18.1 Å². The molecule has 0 spiro atoms. The number of piperazine rings is 1. The van der Waals surface area contributed by atoms with E-state index >= 15 is 0 Å². The summed E-state index contributed by atoms with van der Waals surface area (Å²) >= 11 is 0. The van der Waals surface area contributed by atoms with Crippen LogP contribution < -0.4 is 4.74 Å². The molecule has 0 aliphatic carbocycles. The summed E-state index contributed by atoms with van der Waals surface area (Å²) in [7, 11) is 0. The predicted octanol–water partition coefficient (Wildman–Crippen LogP) is 3.70. The van der Waals surface area contributed by atoms with Gasteiger partial charge >= 0.3 is 12.1 Å². The molecule has 1 saturated heterocycles. The minimum atomic E-state index is -5.08. The molecule has 0 radical (unpaired) electrons. The van der Waals surface area contributed by atoms with Crippen LogP contribution in [0.3, 0.4) is 0 Å². The molecule has 7 nitrogen and oxygen atoms in total. The molecule has 1 aliphatic heterocycles. The molecule has 1 amide bonds. The molecule has 2 heterocycles. The van der Waals surface area contributed by atoms with Crippen LogP contribution >= 0.6 is 0 Å². The van der Waals surface area contributed by atoms with Crippen LogP contribution in [0.4, 0.5) is 13.2 Å². The second kappa shape index (κ2) is 11.5. The number of para-hydroxylation sites is 1. The zero-order valence-corrected chi connectivity index (χ0v) is 18.2. The smallest absolute Gasteiger partial charge is 0.490 e. The summed E-state index contributed by atoms with van der Waals surface area (Å²) in [6.07, 6.45) is -3.37. The first kappa shape index (κ1) is 25.0. The Morgan fingerprint density at radius 3 is 2.21 bits per heavy atom. The van der Waals surface area contributed by atoms with Gasteiger partial charge in [0.15, 0.2) is 0 Å². The lowest BCUT2D eigenvalue weighted by atomic mass is 10.1.